The molecular weight excluding hydrogens is 168 g/mol. The number of carbonyl (C=O) groups is 2. The fourth-order valence-corrected chi connectivity index (χ4v) is 0.614. The molecule has 0 aliphatic carbocycles. The van der Waals surface area contributed by atoms with E-state index in [4.69, 9.17) is 11.5 Å². The molecule has 0 rings (SSSR count). The smallest absolute Gasteiger partial charge is 0.244 e. The summed E-state index contributed by atoms with van der Waals surface area (Å²) in [7, 11) is 0. The van der Waals surface area contributed by atoms with Gasteiger partial charge in [-0.15, -0.1) is 0 Å². The molecule has 4 heteroatoms. The maximum absolute atomic E-state index is 10.6. The molecule has 0 spiro atoms. The fourth-order valence-electron chi connectivity index (χ4n) is 0.614. The van der Waals surface area contributed by atoms with Crippen LogP contribution in [0.2, 0.25) is 0 Å². The highest BCUT2D eigenvalue weighted by atomic mass is 16.1. The van der Waals surface area contributed by atoms with Crippen LogP contribution < -0.4 is 11.5 Å². The Morgan fingerprint density at radius 2 is 1.31 bits per heavy atom. The molecule has 0 saturated carbocycles. The maximum atomic E-state index is 10.6. The summed E-state index contributed by atoms with van der Waals surface area (Å²) in [6.07, 6.45) is 3.78. The van der Waals surface area contributed by atoms with Crippen LogP contribution in [0.5, 0.6) is 0 Å². The Morgan fingerprint density at radius 3 is 1.54 bits per heavy atom. The van der Waals surface area contributed by atoms with Gasteiger partial charge in [0, 0.05) is 11.1 Å². The van der Waals surface area contributed by atoms with Crippen LogP contribution in [0, 0.1) is 0 Å². The summed E-state index contributed by atoms with van der Waals surface area (Å²) in [6, 6.07) is 0. The van der Waals surface area contributed by atoms with E-state index < -0.39 is 11.8 Å². The average Bonchev–Trinajstić information content (AvgIpc) is 2.03. The highest BCUT2D eigenvalue weighted by Crippen LogP contribution is 1.98. The monoisotopic (exact) mass is 182 g/mol. The summed E-state index contributed by atoms with van der Waals surface area (Å²) in [6.45, 7) is 3.24. The molecule has 4 nitrogen and oxygen atoms in total. The Morgan fingerprint density at radius 1 is 1.00 bits per heavy atom. The minimum atomic E-state index is -0.454. The Labute approximate surface area is 77.3 Å². The Kier molecular flexibility index (Phi) is 4.51. The van der Waals surface area contributed by atoms with Gasteiger partial charge in [-0.05, 0) is 20.3 Å². The summed E-state index contributed by atoms with van der Waals surface area (Å²) >= 11 is 0. The Bertz CT molecular complexity index is 249. The molecule has 0 radical (unpaired) electrons. The largest absolute Gasteiger partial charge is 0.366 e. The van der Waals surface area contributed by atoms with Crippen LogP contribution in [0.4, 0.5) is 0 Å². The molecule has 0 atom stereocenters. The predicted octanol–water partition coefficient (Wildman–Crippen LogP) is 0.240. The third-order valence-electron chi connectivity index (χ3n) is 1.63. The first-order valence-corrected chi connectivity index (χ1v) is 3.88. The van der Waals surface area contributed by atoms with Crippen molar-refractivity contribution in [2.75, 3.05) is 0 Å². The van der Waals surface area contributed by atoms with Crippen LogP contribution in [0.25, 0.3) is 0 Å². The number of hydrogen-bond donors (Lipinski definition) is 2. The molecule has 0 aromatic carbocycles. The summed E-state index contributed by atoms with van der Waals surface area (Å²) in [5.74, 6) is -0.907. The lowest BCUT2D eigenvalue weighted by Gasteiger charge is -1.93. The minimum Gasteiger partial charge on any atom is -0.366 e. The van der Waals surface area contributed by atoms with Crippen molar-refractivity contribution in [1.29, 1.82) is 0 Å². The minimum absolute atomic E-state index is 0.454. The van der Waals surface area contributed by atoms with E-state index in [1.54, 1.807) is 26.0 Å². The molecule has 13 heavy (non-hydrogen) atoms. The van der Waals surface area contributed by atoms with Gasteiger partial charge in [-0.1, -0.05) is 12.2 Å². The van der Waals surface area contributed by atoms with Crippen molar-refractivity contribution in [3.63, 3.8) is 0 Å². The lowest BCUT2D eigenvalue weighted by atomic mass is 10.2. The highest BCUT2D eigenvalue weighted by molar-refractivity contribution is 5.92. The van der Waals surface area contributed by atoms with Crippen molar-refractivity contribution in [3.8, 4) is 0 Å². The molecule has 0 aromatic rings. The number of carbonyl (C=O) groups excluding carboxylic acids is 2. The molecule has 0 aliphatic rings. The number of allylic oxidation sites excluding steroid dienone is 2. The van der Waals surface area contributed by atoms with Gasteiger partial charge in [0.15, 0.2) is 0 Å². The molecule has 0 unspecified atom stereocenters. The number of nitrogens with two attached hydrogens (primary N) is 2. The quantitative estimate of drug-likeness (QED) is 0.610. The Hall–Kier alpha value is -1.58. The predicted molar refractivity (Wildman–Crippen MR) is 50.5 cm³/mol. The molecule has 0 fully saturated rings. The topological polar surface area (TPSA) is 86.2 Å². The second-order valence-corrected chi connectivity index (χ2v) is 2.74. The molecule has 0 heterocycles. The lowest BCUT2D eigenvalue weighted by molar-refractivity contribution is -0.115. The van der Waals surface area contributed by atoms with Gasteiger partial charge in [0.05, 0.1) is 0 Å². The van der Waals surface area contributed by atoms with Gasteiger partial charge in [-0.25, -0.2) is 0 Å². The summed E-state index contributed by atoms with van der Waals surface area (Å²) in [5, 5.41) is 0. The molecule has 2 amide bonds. The SMILES string of the molecule is C/C(=C\C/C=C(\C)C(N)=O)C(N)=O. The van der Waals surface area contributed by atoms with Crippen molar-refractivity contribution >= 4 is 11.8 Å². The van der Waals surface area contributed by atoms with Crippen LogP contribution >= 0.6 is 0 Å². The zero-order valence-electron chi connectivity index (χ0n) is 7.83. The number of amides is 2. The molecule has 0 bridgehead atoms. The van der Waals surface area contributed by atoms with Crippen LogP contribution in [-0.4, -0.2) is 11.8 Å². The summed E-state index contributed by atoms with van der Waals surface area (Å²) in [4.78, 5) is 21.1. The summed E-state index contributed by atoms with van der Waals surface area (Å²) in [5.41, 5.74) is 10.9. The van der Waals surface area contributed by atoms with E-state index in [0.29, 0.717) is 17.6 Å². The van der Waals surface area contributed by atoms with E-state index >= 15 is 0 Å². The number of primary amides is 2. The second kappa shape index (κ2) is 5.13. The van der Waals surface area contributed by atoms with Crippen molar-refractivity contribution in [1.82, 2.24) is 0 Å². The third-order valence-corrected chi connectivity index (χ3v) is 1.63. The molecule has 0 saturated heterocycles. The van der Waals surface area contributed by atoms with Crippen molar-refractivity contribution in [3.05, 3.63) is 23.3 Å². The first-order chi connectivity index (χ1) is 5.95. The van der Waals surface area contributed by atoms with E-state index in [9.17, 15) is 9.59 Å². The van der Waals surface area contributed by atoms with Crippen LogP contribution in [0.1, 0.15) is 20.3 Å². The molecule has 72 valence electrons. The van der Waals surface area contributed by atoms with Crippen LogP contribution in [-0.2, 0) is 9.59 Å². The fraction of sp³-hybridized carbons (Fsp3) is 0.333. The van der Waals surface area contributed by atoms with E-state index in [2.05, 4.69) is 0 Å². The molecular formula is C9H14N2O2. The standard InChI is InChI=1S/C9H14N2O2/c1-6(8(10)12)4-3-5-7(2)9(11)13/h4-5H,3H2,1-2H3,(H2,10,12)(H2,11,13)/b6-4+,7-5+. The van der Waals surface area contributed by atoms with Gasteiger partial charge in [0.25, 0.3) is 0 Å². The van der Waals surface area contributed by atoms with Crippen LogP contribution in [0.15, 0.2) is 23.3 Å². The lowest BCUT2D eigenvalue weighted by Crippen LogP contribution is -2.12. The first kappa shape index (κ1) is 11.4. The van der Waals surface area contributed by atoms with E-state index in [0.717, 1.165) is 0 Å². The molecule has 0 aliphatic heterocycles. The van der Waals surface area contributed by atoms with E-state index in [1.165, 1.54) is 0 Å². The van der Waals surface area contributed by atoms with Crippen molar-refractivity contribution in [2.45, 2.75) is 20.3 Å². The highest BCUT2D eigenvalue weighted by Gasteiger charge is 1.96. The van der Waals surface area contributed by atoms with Crippen LogP contribution in [0.3, 0.4) is 0 Å². The molecule has 0 aromatic heterocycles. The zero-order chi connectivity index (χ0) is 10.4. The zero-order valence-corrected chi connectivity index (χ0v) is 7.83. The summed E-state index contributed by atoms with van der Waals surface area (Å²) < 4.78 is 0. The normalized spacial score (nSPS) is 12.8. The van der Waals surface area contributed by atoms with Gasteiger partial charge in [-0.2, -0.15) is 0 Å². The second-order valence-electron chi connectivity index (χ2n) is 2.74. The van der Waals surface area contributed by atoms with Crippen molar-refractivity contribution in [2.24, 2.45) is 11.5 Å². The van der Waals surface area contributed by atoms with Crippen molar-refractivity contribution < 1.29 is 9.59 Å². The average molecular weight is 182 g/mol. The number of hydrogen-bond acceptors (Lipinski definition) is 2. The number of rotatable bonds is 4. The molecule has 4 N–H and O–H groups in total. The van der Waals surface area contributed by atoms with Gasteiger partial charge in [0.1, 0.15) is 0 Å². The maximum Gasteiger partial charge on any atom is 0.244 e. The Balaban J connectivity index is 4.19. The van der Waals surface area contributed by atoms with E-state index in [1.807, 2.05) is 0 Å². The van der Waals surface area contributed by atoms with Gasteiger partial charge >= 0.3 is 0 Å². The van der Waals surface area contributed by atoms with Gasteiger partial charge in [-0.3, -0.25) is 9.59 Å². The third kappa shape index (κ3) is 4.79. The van der Waals surface area contributed by atoms with Gasteiger partial charge in [0.2, 0.25) is 11.8 Å². The van der Waals surface area contributed by atoms with Gasteiger partial charge < -0.3 is 11.5 Å². The van der Waals surface area contributed by atoms with E-state index in [-0.39, 0.29) is 0 Å². The first-order valence-electron chi connectivity index (χ1n) is 3.88.